The summed E-state index contributed by atoms with van der Waals surface area (Å²) in [5.41, 5.74) is 0.964. The molecule has 8 heteroatoms. The molecule has 1 fully saturated rings. The largest absolute Gasteiger partial charge is 0.494 e. The van der Waals surface area contributed by atoms with E-state index in [0.29, 0.717) is 29.4 Å². The normalized spacial score (nSPS) is 13.4. The van der Waals surface area contributed by atoms with Crippen LogP contribution in [0.5, 0.6) is 17.2 Å². The van der Waals surface area contributed by atoms with Crippen LogP contribution in [0.15, 0.2) is 77.7 Å². The van der Waals surface area contributed by atoms with Crippen molar-refractivity contribution >= 4 is 21.6 Å². The van der Waals surface area contributed by atoms with E-state index in [0.717, 1.165) is 18.6 Å². The zero-order chi connectivity index (χ0) is 22.6. The van der Waals surface area contributed by atoms with Crippen molar-refractivity contribution in [3.8, 4) is 17.2 Å². The number of hydrogen-bond acceptors (Lipinski definition) is 5. The first-order valence-electron chi connectivity index (χ1n) is 10.4. The minimum absolute atomic E-state index is 0.0318. The summed E-state index contributed by atoms with van der Waals surface area (Å²) < 4.78 is 38.3. The molecule has 0 spiro atoms. The van der Waals surface area contributed by atoms with Crippen LogP contribution in [-0.4, -0.2) is 27.0 Å². The van der Waals surface area contributed by atoms with E-state index < -0.39 is 10.0 Å². The molecule has 0 heterocycles. The van der Waals surface area contributed by atoms with Gasteiger partial charge in [0.2, 0.25) is 10.0 Å². The number of benzene rings is 3. The Morgan fingerprint density at radius 1 is 0.875 bits per heavy atom. The average Bonchev–Trinajstić information content (AvgIpc) is 3.60. The van der Waals surface area contributed by atoms with Crippen LogP contribution < -0.4 is 19.5 Å². The maximum atomic E-state index is 12.5. The smallest absolute Gasteiger partial charge is 0.255 e. The molecule has 0 radical (unpaired) electrons. The van der Waals surface area contributed by atoms with Gasteiger partial charge < -0.3 is 14.8 Å². The molecule has 0 atom stereocenters. The van der Waals surface area contributed by atoms with Crippen LogP contribution in [0.1, 0.15) is 30.1 Å². The first-order chi connectivity index (χ1) is 15.4. The van der Waals surface area contributed by atoms with E-state index in [1.165, 1.54) is 24.3 Å². The van der Waals surface area contributed by atoms with Gasteiger partial charge >= 0.3 is 0 Å². The minimum Gasteiger partial charge on any atom is -0.494 e. The monoisotopic (exact) mass is 452 g/mol. The lowest BCUT2D eigenvalue weighted by molar-refractivity contribution is 0.102. The predicted molar refractivity (Wildman–Crippen MR) is 122 cm³/mol. The van der Waals surface area contributed by atoms with E-state index in [4.69, 9.17) is 9.47 Å². The van der Waals surface area contributed by atoms with Gasteiger partial charge in [0.1, 0.15) is 17.2 Å². The van der Waals surface area contributed by atoms with Crippen molar-refractivity contribution in [1.29, 1.82) is 0 Å². The van der Waals surface area contributed by atoms with Crippen LogP contribution in [0.4, 0.5) is 5.69 Å². The lowest BCUT2D eigenvalue weighted by Crippen LogP contribution is -2.25. The third-order valence-corrected chi connectivity index (χ3v) is 6.35. The quantitative estimate of drug-likeness (QED) is 0.496. The van der Waals surface area contributed by atoms with Gasteiger partial charge in [-0.1, -0.05) is 0 Å². The highest BCUT2D eigenvalue weighted by Gasteiger charge is 2.27. The Kier molecular flexibility index (Phi) is 6.43. The Hall–Kier alpha value is -3.36. The number of anilines is 1. The summed E-state index contributed by atoms with van der Waals surface area (Å²) >= 11 is 0. The van der Waals surface area contributed by atoms with E-state index in [1.807, 2.05) is 31.2 Å². The second kappa shape index (κ2) is 9.42. The van der Waals surface area contributed by atoms with Crippen LogP contribution in [0.3, 0.4) is 0 Å². The SMILES string of the molecule is CCOc1ccc(Oc2ccc(NC(=O)c3ccc(S(=O)(=O)NC4CC4)cc3)cc2)cc1. The first kappa shape index (κ1) is 21.9. The summed E-state index contributed by atoms with van der Waals surface area (Å²) in [5.74, 6) is 1.76. The Balaban J connectivity index is 1.35. The number of carbonyl (C=O) groups is 1. The van der Waals surface area contributed by atoms with Gasteiger partial charge in [0.25, 0.3) is 5.91 Å². The van der Waals surface area contributed by atoms with Crippen molar-refractivity contribution in [1.82, 2.24) is 4.72 Å². The number of sulfonamides is 1. The Bertz CT molecular complexity index is 1170. The molecule has 0 saturated heterocycles. The molecule has 3 aromatic carbocycles. The fourth-order valence-electron chi connectivity index (χ4n) is 2.99. The van der Waals surface area contributed by atoms with Crippen LogP contribution in [-0.2, 0) is 10.0 Å². The van der Waals surface area contributed by atoms with Crippen LogP contribution >= 0.6 is 0 Å². The van der Waals surface area contributed by atoms with Gasteiger partial charge in [-0.25, -0.2) is 13.1 Å². The lowest BCUT2D eigenvalue weighted by atomic mass is 10.2. The predicted octanol–water partition coefficient (Wildman–Crippen LogP) is 4.57. The topological polar surface area (TPSA) is 93.7 Å². The van der Waals surface area contributed by atoms with E-state index in [9.17, 15) is 13.2 Å². The number of rotatable bonds is 9. The van der Waals surface area contributed by atoms with E-state index in [2.05, 4.69) is 10.0 Å². The number of carbonyl (C=O) groups excluding carboxylic acids is 1. The second-order valence-corrected chi connectivity index (χ2v) is 9.12. The third-order valence-electron chi connectivity index (χ3n) is 4.81. The summed E-state index contributed by atoms with van der Waals surface area (Å²) in [6.45, 7) is 2.53. The highest BCUT2D eigenvalue weighted by atomic mass is 32.2. The molecule has 1 aliphatic carbocycles. The van der Waals surface area contributed by atoms with Crippen LogP contribution in [0, 0.1) is 0 Å². The molecule has 4 rings (SSSR count). The molecule has 7 nitrogen and oxygen atoms in total. The molecule has 0 aromatic heterocycles. The Morgan fingerprint density at radius 2 is 1.44 bits per heavy atom. The van der Waals surface area contributed by atoms with Gasteiger partial charge in [-0.2, -0.15) is 0 Å². The van der Waals surface area contributed by atoms with E-state index in [1.54, 1.807) is 24.3 Å². The Labute approximate surface area is 187 Å². The standard InChI is InChI=1S/C24H24N2O5S/c1-2-30-20-11-13-22(14-12-20)31-21-9-7-18(8-10-21)25-24(27)17-3-15-23(16-4-17)32(28,29)26-19-5-6-19/h3-4,7-16,19,26H,2,5-6H2,1H3,(H,25,27). The maximum Gasteiger partial charge on any atom is 0.255 e. The van der Waals surface area contributed by atoms with Gasteiger partial charge in [-0.05, 0) is 92.6 Å². The summed E-state index contributed by atoms with van der Waals surface area (Å²) in [4.78, 5) is 12.7. The fourth-order valence-corrected chi connectivity index (χ4v) is 4.30. The van der Waals surface area contributed by atoms with Gasteiger partial charge in [0, 0.05) is 17.3 Å². The molecule has 0 aliphatic heterocycles. The minimum atomic E-state index is -3.54. The summed E-state index contributed by atoms with van der Waals surface area (Å²) in [5, 5.41) is 2.80. The number of amides is 1. The average molecular weight is 453 g/mol. The van der Waals surface area contributed by atoms with Crippen LogP contribution in [0.25, 0.3) is 0 Å². The molecule has 166 valence electrons. The third kappa shape index (κ3) is 5.66. The van der Waals surface area contributed by atoms with Gasteiger partial charge in [-0.3, -0.25) is 4.79 Å². The summed E-state index contributed by atoms with van der Waals surface area (Å²) in [6.07, 6.45) is 1.73. The summed E-state index contributed by atoms with van der Waals surface area (Å²) in [7, 11) is -3.54. The second-order valence-electron chi connectivity index (χ2n) is 7.40. The zero-order valence-corrected chi connectivity index (χ0v) is 18.4. The van der Waals surface area contributed by atoms with Crippen molar-refractivity contribution in [3.05, 3.63) is 78.4 Å². The van der Waals surface area contributed by atoms with Crippen molar-refractivity contribution in [2.45, 2.75) is 30.7 Å². The molecular formula is C24H24N2O5S. The molecule has 1 saturated carbocycles. The zero-order valence-electron chi connectivity index (χ0n) is 17.6. The number of ether oxygens (including phenoxy) is 2. The highest BCUT2D eigenvalue weighted by molar-refractivity contribution is 7.89. The number of hydrogen-bond donors (Lipinski definition) is 2. The van der Waals surface area contributed by atoms with Crippen molar-refractivity contribution in [2.75, 3.05) is 11.9 Å². The van der Waals surface area contributed by atoms with Crippen molar-refractivity contribution in [3.63, 3.8) is 0 Å². The van der Waals surface area contributed by atoms with E-state index >= 15 is 0 Å². The molecule has 1 amide bonds. The first-order valence-corrected chi connectivity index (χ1v) is 11.9. The maximum absolute atomic E-state index is 12.5. The molecule has 2 N–H and O–H groups in total. The molecule has 3 aromatic rings. The van der Waals surface area contributed by atoms with E-state index in [-0.39, 0.29) is 16.8 Å². The van der Waals surface area contributed by atoms with Crippen molar-refractivity contribution in [2.24, 2.45) is 0 Å². The fraction of sp³-hybridized carbons (Fsp3) is 0.208. The number of nitrogens with one attached hydrogen (secondary N) is 2. The Morgan fingerprint density at radius 3 is 2.00 bits per heavy atom. The van der Waals surface area contributed by atoms with Crippen LogP contribution in [0.2, 0.25) is 0 Å². The van der Waals surface area contributed by atoms with Crippen molar-refractivity contribution < 1.29 is 22.7 Å². The molecule has 0 unspecified atom stereocenters. The molecule has 0 bridgehead atoms. The molecule has 1 aliphatic rings. The lowest BCUT2D eigenvalue weighted by Gasteiger charge is -2.10. The molecular weight excluding hydrogens is 428 g/mol. The van der Waals surface area contributed by atoms with Gasteiger partial charge in [0.15, 0.2) is 0 Å². The van der Waals surface area contributed by atoms with Gasteiger partial charge in [0.05, 0.1) is 11.5 Å². The summed E-state index contributed by atoms with van der Waals surface area (Å²) in [6, 6.07) is 20.2. The van der Waals surface area contributed by atoms with Gasteiger partial charge in [-0.15, -0.1) is 0 Å². The molecule has 32 heavy (non-hydrogen) atoms. The highest BCUT2D eigenvalue weighted by Crippen LogP contribution is 2.26.